The molecule has 0 heterocycles. The summed E-state index contributed by atoms with van der Waals surface area (Å²) in [5, 5.41) is 14.8. The van der Waals surface area contributed by atoms with E-state index in [4.69, 9.17) is 4.74 Å². The van der Waals surface area contributed by atoms with Gasteiger partial charge in [0, 0.05) is 23.9 Å². The van der Waals surface area contributed by atoms with Crippen LogP contribution >= 0.6 is 0 Å². The number of aliphatic hydroxyl groups excluding tert-OH is 1. The molecule has 2 aromatic rings. The van der Waals surface area contributed by atoms with E-state index in [1.165, 1.54) is 7.11 Å². The van der Waals surface area contributed by atoms with Crippen molar-refractivity contribution in [2.45, 2.75) is 6.10 Å². The molecule has 0 aliphatic carbocycles. The second-order valence-electron chi connectivity index (χ2n) is 4.75. The molecule has 23 heavy (non-hydrogen) atoms. The maximum atomic E-state index is 13.5. The molecule has 3 N–H and O–H groups in total. The van der Waals surface area contributed by atoms with Gasteiger partial charge in [-0.25, -0.2) is 13.6 Å². The van der Waals surface area contributed by atoms with Gasteiger partial charge in [0.05, 0.1) is 13.2 Å². The minimum atomic E-state index is -1.28. The van der Waals surface area contributed by atoms with Crippen LogP contribution in [0.25, 0.3) is 0 Å². The summed E-state index contributed by atoms with van der Waals surface area (Å²) < 4.78 is 31.3. The zero-order chi connectivity index (χ0) is 16.8. The lowest BCUT2D eigenvalue weighted by atomic mass is 10.1. The SMILES string of the molecule is COc1ccc(NC(=O)NC[C@@H](O)c2ccc(F)cc2F)cc1. The number of benzene rings is 2. The van der Waals surface area contributed by atoms with Crippen LogP contribution in [0, 0.1) is 11.6 Å². The summed E-state index contributed by atoms with van der Waals surface area (Å²) in [6.07, 6.45) is -1.28. The van der Waals surface area contributed by atoms with Crippen molar-refractivity contribution in [2.75, 3.05) is 19.0 Å². The zero-order valence-electron chi connectivity index (χ0n) is 12.3. The van der Waals surface area contributed by atoms with Gasteiger partial charge >= 0.3 is 6.03 Å². The quantitative estimate of drug-likeness (QED) is 0.793. The Hall–Kier alpha value is -2.67. The third-order valence-corrected chi connectivity index (χ3v) is 3.13. The molecular formula is C16H16F2N2O3. The molecule has 0 aliphatic heterocycles. The van der Waals surface area contributed by atoms with Crippen LogP contribution in [0.2, 0.25) is 0 Å². The van der Waals surface area contributed by atoms with Gasteiger partial charge in [-0.05, 0) is 30.3 Å². The summed E-state index contributed by atoms with van der Waals surface area (Å²) in [5.41, 5.74) is 0.446. The second-order valence-corrected chi connectivity index (χ2v) is 4.75. The number of halogens is 2. The van der Waals surface area contributed by atoms with Gasteiger partial charge in [0.2, 0.25) is 0 Å². The molecule has 0 aromatic heterocycles. The number of aliphatic hydroxyl groups is 1. The predicted molar refractivity (Wildman–Crippen MR) is 81.3 cm³/mol. The molecule has 122 valence electrons. The summed E-state index contributed by atoms with van der Waals surface area (Å²) in [4.78, 5) is 11.7. The van der Waals surface area contributed by atoms with Crippen molar-refractivity contribution in [3.05, 3.63) is 59.7 Å². The molecule has 0 bridgehead atoms. The first-order chi connectivity index (χ1) is 11.0. The highest BCUT2D eigenvalue weighted by Crippen LogP contribution is 2.18. The molecule has 0 unspecified atom stereocenters. The van der Waals surface area contributed by atoms with Crippen LogP contribution < -0.4 is 15.4 Å². The molecule has 2 rings (SSSR count). The van der Waals surface area contributed by atoms with Crippen molar-refractivity contribution in [1.82, 2.24) is 5.32 Å². The number of methoxy groups -OCH3 is 1. The molecule has 1 atom stereocenters. The number of hydrogen-bond acceptors (Lipinski definition) is 3. The predicted octanol–water partition coefficient (Wildman–Crippen LogP) is 2.83. The molecule has 2 aromatic carbocycles. The number of rotatable bonds is 5. The van der Waals surface area contributed by atoms with Gasteiger partial charge in [0.15, 0.2) is 0 Å². The van der Waals surface area contributed by atoms with E-state index in [0.717, 1.165) is 12.1 Å². The number of ether oxygens (including phenoxy) is 1. The number of anilines is 1. The van der Waals surface area contributed by atoms with Gasteiger partial charge in [-0.1, -0.05) is 6.07 Å². The normalized spacial score (nSPS) is 11.7. The van der Waals surface area contributed by atoms with E-state index in [-0.39, 0.29) is 12.1 Å². The first-order valence-electron chi connectivity index (χ1n) is 6.81. The van der Waals surface area contributed by atoms with Gasteiger partial charge in [-0.3, -0.25) is 0 Å². The van der Waals surface area contributed by atoms with Crippen LogP contribution in [0.5, 0.6) is 5.75 Å². The average molecular weight is 322 g/mol. The Morgan fingerprint density at radius 1 is 1.22 bits per heavy atom. The number of urea groups is 1. The minimum absolute atomic E-state index is 0.0869. The largest absolute Gasteiger partial charge is 0.497 e. The molecule has 0 fully saturated rings. The van der Waals surface area contributed by atoms with Gasteiger partial charge in [0.25, 0.3) is 0 Å². The Balaban J connectivity index is 1.87. The Morgan fingerprint density at radius 2 is 1.91 bits per heavy atom. The fourth-order valence-corrected chi connectivity index (χ4v) is 1.92. The van der Waals surface area contributed by atoms with Gasteiger partial charge in [-0.15, -0.1) is 0 Å². The number of amides is 2. The smallest absolute Gasteiger partial charge is 0.319 e. The van der Waals surface area contributed by atoms with Crippen molar-refractivity contribution in [3.8, 4) is 5.75 Å². The topological polar surface area (TPSA) is 70.6 Å². The van der Waals surface area contributed by atoms with Gasteiger partial charge in [0.1, 0.15) is 17.4 Å². The summed E-state index contributed by atoms with van der Waals surface area (Å²) in [7, 11) is 1.53. The molecule has 0 saturated heterocycles. The van der Waals surface area contributed by atoms with E-state index in [2.05, 4.69) is 10.6 Å². The van der Waals surface area contributed by atoms with Crippen molar-refractivity contribution in [2.24, 2.45) is 0 Å². The highest BCUT2D eigenvalue weighted by molar-refractivity contribution is 5.89. The first kappa shape index (κ1) is 16.7. The van der Waals surface area contributed by atoms with Crippen LogP contribution in [-0.4, -0.2) is 24.8 Å². The van der Waals surface area contributed by atoms with Crippen molar-refractivity contribution in [3.63, 3.8) is 0 Å². The maximum absolute atomic E-state index is 13.5. The van der Waals surface area contributed by atoms with Crippen molar-refractivity contribution in [1.29, 1.82) is 0 Å². The molecule has 0 saturated carbocycles. The monoisotopic (exact) mass is 322 g/mol. The molecule has 5 nitrogen and oxygen atoms in total. The summed E-state index contributed by atoms with van der Waals surface area (Å²) in [6.45, 7) is -0.218. The van der Waals surface area contributed by atoms with Crippen LogP contribution in [0.1, 0.15) is 11.7 Å². The Morgan fingerprint density at radius 3 is 2.52 bits per heavy atom. The van der Waals surface area contributed by atoms with E-state index >= 15 is 0 Å². The minimum Gasteiger partial charge on any atom is -0.497 e. The van der Waals surface area contributed by atoms with E-state index in [1.54, 1.807) is 24.3 Å². The number of nitrogens with one attached hydrogen (secondary N) is 2. The van der Waals surface area contributed by atoms with Gasteiger partial charge < -0.3 is 20.5 Å². The van der Waals surface area contributed by atoms with Crippen LogP contribution in [0.3, 0.4) is 0 Å². The number of carbonyl (C=O) groups excluding carboxylic acids is 1. The number of carbonyl (C=O) groups is 1. The summed E-state index contributed by atoms with van der Waals surface area (Å²) >= 11 is 0. The molecule has 7 heteroatoms. The van der Waals surface area contributed by atoms with E-state index in [9.17, 15) is 18.7 Å². The Bertz CT molecular complexity index is 678. The standard InChI is InChI=1S/C16H16F2N2O3/c1-23-12-5-3-11(4-6-12)20-16(22)19-9-15(21)13-7-2-10(17)8-14(13)18/h2-8,15,21H,9H2,1H3,(H2,19,20,22)/t15-/m1/s1. The molecule has 0 aliphatic rings. The van der Waals surface area contributed by atoms with Crippen LogP contribution in [-0.2, 0) is 0 Å². The molecular weight excluding hydrogens is 306 g/mol. The van der Waals surface area contributed by atoms with Crippen molar-refractivity contribution < 1.29 is 23.4 Å². The lowest BCUT2D eigenvalue weighted by Crippen LogP contribution is -2.32. The fraction of sp³-hybridized carbons (Fsp3) is 0.188. The van der Waals surface area contributed by atoms with E-state index in [1.807, 2.05) is 0 Å². The van der Waals surface area contributed by atoms with Crippen molar-refractivity contribution >= 4 is 11.7 Å². The lowest BCUT2D eigenvalue weighted by Gasteiger charge is -2.14. The first-order valence-corrected chi connectivity index (χ1v) is 6.81. The second kappa shape index (κ2) is 7.55. The Kier molecular flexibility index (Phi) is 5.48. The highest BCUT2D eigenvalue weighted by atomic mass is 19.1. The summed E-state index contributed by atoms with van der Waals surface area (Å²) in [5.74, 6) is -0.948. The lowest BCUT2D eigenvalue weighted by molar-refractivity contribution is 0.170. The maximum Gasteiger partial charge on any atom is 0.319 e. The average Bonchev–Trinajstić information content (AvgIpc) is 2.53. The van der Waals surface area contributed by atoms with E-state index in [0.29, 0.717) is 17.5 Å². The third kappa shape index (κ3) is 4.65. The highest BCUT2D eigenvalue weighted by Gasteiger charge is 2.14. The number of hydrogen-bond donors (Lipinski definition) is 3. The molecule has 0 radical (unpaired) electrons. The summed E-state index contributed by atoms with van der Waals surface area (Å²) in [6, 6.07) is 8.95. The third-order valence-electron chi connectivity index (χ3n) is 3.13. The molecule has 2 amide bonds. The zero-order valence-corrected chi connectivity index (χ0v) is 12.3. The fourth-order valence-electron chi connectivity index (χ4n) is 1.92. The van der Waals surface area contributed by atoms with E-state index < -0.39 is 23.8 Å². The van der Waals surface area contributed by atoms with Crippen LogP contribution in [0.4, 0.5) is 19.3 Å². The van der Waals surface area contributed by atoms with Gasteiger partial charge in [-0.2, -0.15) is 0 Å². The Labute approximate surface area is 131 Å². The molecule has 0 spiro atoms. The van der Waals surface area contributed by atoms with Crippen LogP contribution in [0.15, 0.2) is 42.5 Å².